The van der Waals surface area contributed by atoms with Crippen molar-refractivity contribution in [2.45, 2.75) is 25.3 Å². The molecule has 0 aliphatic carbocycles. The molecule has 1 aromatic heterocycles. The summed E-state index contributed by atoms with van der Waals surface area (Å²) in [5, 5.41) is 9.06. The number of hydrogen-bond acceptors (Lipinski definition) is 5. The lowest BCUT2D eigenvalue weighted by Gasteiger charge is -2.19. The van der Waals surface area contributed by atoms with Crippen LogP contribution in [0.15, 0.2) is 11.0 Å². The Morgan fingerprint density at radius 2 is 2.17 bits per heavy atom. The largest absolute Gasteiger partial charge is 0.391 e. The van der Waals surface area contributed by atoms with Crippen LogP contribution < -0.4 is 0 Å². The lowest BCUT2D eigenvalue weighted by Crippen LogP contribution is -2.33. The van der Waals surface area contributed by atoms with E-state index in [4.69, 9.17) is 9.84 Å². The minimum Gasteiger partial charge on any atom is -0.391 e. The van der Waals surface area contributed by atoms with E-state index >= 15 is 0 Å². The minimum absolute atomic E-state index is 0.134. The number of aryl methyl sites for hydroxylation is 1. The molecule has 18 heavy (non-hydrogen) atoms. The zero-order chi connectivity index (χ0) is 13.8. The Kier molecular flexibility index (Phi) is 5.74. The van der Waals surface area contributed by atoms with Gasteiger partial charge in [0.15, 0.2) is 0 Å². The Hall–Kier alpha value is -0.470. The fourth-order valence-corrected chi connectivity index (χ4v) is 4.54. The van der Waals surface area contributed by atoms with Crippen LogP contribution >= 0.6 is 11.3 Å². The molecule has 104 valence electrons. The summed E-state index contributed by atoms with van der Waals surface area (Å²) < 4.78 is 31.1. The summed E-state index contributed by atoms with van der Waals surface area (Å²) >= 11 is 1.31. The molecule has 0 fully saturated rings. The van der Waals surface area contributed by atoms with Crippen LogP contribution in [0.2, 0.25) is 0 Å². The highest BCUT2D eigenvalue weighted by molar-refractivity contribution is 7.89. The first-order valence-electron chi connectivity index (χ1n) is 5.66. The average Bonchev–Trinajstić information content (AvgIpc) is 2.72. The molecule has 0 amide bonds. The van der Waals surface area contributed by atoms with Crippen molar-refractivity contribution in [2.75, 3.05) is 26.8 Å². The maximum Gasteiger partial charge on any atom is 0.244 e. The van der Waals surface area contributed by atoms with Crippen LogP contribution in [0.25, 0.3) is 0 Å². The first-order valence-corrected chi connectivity index (χ1v) is 7.92. The summed E-state index contributed by atoms with van der Waals surface area (Å²) in [6.45, 7) is 4.51. The van der Waals surface area contributed by atoms with E-state index in [1.807, 2.05) is 0 Å². The van der Waals surface area contributed by atoms with E-state index in [0.29, 0.717) is 29.5 Å². The number of aliphatic hydroxyl groups is 1. The van der Waals surface area contributed by atoms with E-state index in [9.17, 15) is 8.42 Å². The maximum absolute atomic E-state index is 12.4. The quantitative estimate of drug-likeness (QED) is 0.820. The number of hydrogen-bond donors (Lipinski definition) is 1. The molecule has 1 rings (SSSR count). The van der Waals surface area contributed by atoms with Gasteiger partial charge in [0, 0.05) is 30.0 Å². The molecule has 0 saturated heterocycles. The number of methoxy groups -OCH3 is 1. The van der Waals surface area contributed by atoms with Crippen molar-refractivity contribution < 1.29 is 18.3 Å². The van der Waals surface area contributed by atoms with Crippen molar-refractivity contribution in [1.82, 2.24) is 4.31 Å². The molecule has 0 saturated carbocycles. The fraction of sp³-hybridized carbons (Fsp3) is 0.636. The monoisotopic (exact) mass is 293 g/mol. The van der Waals surface area contributed by atoms with Gasteiger partial charge in [0.2, 0.25) is 10.0 Å². The van der Waals surface area contributed by atoms with Crippen molar-refractivity contribution >= 4 is 21.4 Å². The Balaban J connectivity index is 3.06. The van der Waals surface area contributed by atoms with Crippen LogP contribution in [-0.2, 0) is 21.4 Å². The first-order chi connectivity index (χ1) is 8.47. The molecule has 0 unspecified atom stereocenters. The smallest absolute Gasteiger partial charge is 0.244 e. The summed E-state index contributed by atoms with van der Waals surface area (Å²) in [4.78, 5) is 1.65. The molecule has 7 heteroatoms. The fourth-order valence-electron chi connectivity index (χ4n) is 1.64. The molecule has 1 heterocycles. The van der Waals surface area contributed by atoms with E-state index in [1.165, 1.54) is 15.6 Å². The number of nitrogens with zero attached hydrogens (tertiary/aromatic N) is 1. The molecule has 0 radical (unpaired) electrons. The maximum atomic E-state index is 12.4. The normalized spacial score (nSPS) is 12.3. The van der Waals surface area contributed by atoms with Gasteiger partial charge >= 0.3 is 0 Å². The van der Waals surface area contributed by atoms with Gasteiger partial charge in [0.25, 0.3) is 0 Å². The Morgan fingerprint density at radius 3 is 2.61 bits per heavy atom. The highest BCUT2D eigenvalue weighted by atomic mass is 32.2. The van der Waals surface area contributed by atoms with Gasteiger partial charge in [-0.05, 0) is 13.0 Å². The van der Waals surface area contributed by atoms with Crippen LogP contribution in [0.1, 0.15) is 16.7 Å². The van der Waals surface area contributed by atoms with Gasteiger partial charge in [-0.1, -0.05) is 6.92 Å². The van der Waals surface area contributed by atoms with E-state index in [0.717, 1.165) is 0 Å². The summed E-state index contributed by atoms with van der Waals surface area (Å²) in [6.07, 6.45) is 0. The lowest BCUT2D eigenvalue weighted by atomic mass is 10.4. The zero-order valence-electron chi connectivity index (χ0n) is 10.8. The van der Waals surface area contributed by atoms with E-state index < -0.39 is 10.0 Å². The molecule has 5 nitrogen and oxygen atoms in total. The Morgan fingerprint density at radius 1 is 1.50 bits per heavy atom. The summed E-state index contributed by atoms with van der Waals surface area (Å²) in [6, 6.07) is 1.55. The topological polar surface area (TPSA) is 66.8 Å². The van der Waals surface area contributed by atoms with Crippen LogP contribution in [0.5, 0.6) is 0 Å². The highest BCUT2D eigenvalue weighted by Crippen LogP contribution is 2.28. The SMILES string of the molecule is CCN(CCOC)S(=O)(=O)c1cc(CO)sc1C. The van der Waals surface area contributed by atoms with Gasteiger partial charge in [0.05, 0.1) is 18.1 Å². The Bertz CT molecular complexity index is 481. The molecule has 0 aliphatic heterocycles. The third-order valence-electron chi connectivity index (χ3n) is 2.59. The van der Waals surface area contributed by atoms with Gasteiger partial charge in [-0.25, -0.2) is 8.42 Å². The molecule has 0 aromatic carbocycles. The molecule has 0 bridgehead atoms. The lowest BCUT2D eigenvalue weighted by molar-refractivity contribution is 0.180. The molecule has 0 atom stereocenters. The van der Waals surface area contributed by atoms with Crippen molar-refractivity contribution in [3.63, 3.8) is 0 Å². The second kappa shape index (κ2) is 6.63. The highest BCUT2D eigenvalue weighted by Gasteiger charge is 2.26. The molecule has 0 spiro atoms. The predicted molar refractivity (Wildman–Crippen MR) is 71.3 cm³/mol. The van der Waals surface area contributed by atoms with Crippen LogP contribution in [0, 0.1) is 6.92 Å². The molecule has 1 aromatic rings. The van der Waals surface area contributed by atoms with Gasteiger partial charge in [0.1, 0.15) is 0 Å². The van der Waals surface area contributed by atoms with Crippen LogP contribution in [0.4, 0.5) is 0 Å². The number of rotatable bonds is 7. The summed E-state index contributed by atoms with van der Waals surface area (Å²) in [5.41, 5.74) is 0. The van der Waals surface area contributed by atoms with Crippen molar-refractivity contribution in [2.24, 2.45) is 0 Å². The Labute approximate surface area is 112 Å². The molecular weight excluding hydrogens is 274 g/mol. The van der Waals surface area contributed by atoms with Crippen LogP contribution in [-0.4, -0.2) is 44.6 Å². The molecule has 1 N–H and O–H groups in total. The van der Waals surface area contributed by atoms with Crippen molar-refractivity contribution in [3.8, 4) is 0 Å². The standard InChI is InChI=1S/C11H19NO4S2/c1-4-12(5-6-16-3)18(14,15)11-7-10(8-13)17-9(11)2/h7,13H,4-6,8H2,1-3H3. The summed E-state index contributed by atoms with van der Waals surface area (Å²) in [7, 11) is -1.95. The number of ether oxygens (including phenoxy) is 1. The summed E-state index contributed by atoms with van der Waals surface area (Å²) in [5.74, 6) is 0. The van der Waals surface area contributed by atoms with Gasteiger partial charge in [-0.2, -0.15) is 4.31 Å². The van der Waals surface area contributed by atoms with Crippen molar-refractivity contribution in [1.29, 1.82) is 0 Å². The molecule has 0 aliphatic rings. The van der Waals surface area contributed by atoms with Gasteiger partial charge < -0.3 is 9.84 Å². The zero-order valence-corrected chi connectivity index (χ0v) is 12.5. The second-order valence-electron chi connectivity index (χ2n) is 3.78. The third kappa shape index (κ3) is 3.30. The van der Waals surface area contributed by atoms with Crippen molar-refractivity contribution in [3.05, 3.63) is 15.8 Å². The van der Waals surface area contributed by atoms with Gasteiger partial charge in [-0.15, -0.1) is 11.3 Å². The van der Waals surface area contributed by atoms with E-state index in [1.54, 1.807) is 27.0 Å². The number of likely N-dealkylation sites (N-methyl/N-ethyl adjacent to an activating group) is 1. The van der Waals surface area contributed by atoms with Crippen LogP contribution in [0.3, 0.4) is 0 Å². The number of thiophene rings is 1. The van der Waals surface area contributed by atoms with Gasteiger partial charge in [-0.3, -0.25) is 0 Å². The van der Waals surface area contributed by atoms with E-state index in [2.05, 4.69) is 0 Å². The van der Waals surface area contributed by atoms with E-state index in [-0.39, 0.29) is 11.5 Å². The number of aliphatic hydroxyl groups excluding tert-OH is 1. The third-order valence-corrected chi connectivity index (χ3v) is 5.86. The predicted octanol–water partition coefficient (Wildman–Crippen LogP) is 1.21. The second-order valence-corrected chi connectivity index (χ2v) is 7.03. The minimum atomic E-state index is -3.49. The molecular formula is C11H19NO4S2. The first kappa shape index (κ1) is 15.6. The average molecular weight is 293 g/mol. The number of sulfonamides is 1.